The maximum Gasteiger partial charge on any atom is 0.276 e. The Labute approximate surface area is 191 Å². The standard InChI is InChI=1S/C23H25FN4O4S/c1-14-10-16(8-9-18(14)24)26-22(29)20-21-19(12-28(20)4)33(30,31)27-23(3,13-32-21)11-17-7-5-6-15(2)25-17/h5-10,12,27H,11,13H2,1-4H3,(H,26,29). The predicted octanol–water partition coefficient (Wildman–Crippen LogP) is 3.10. The van der Waals surface area contributed by atoms with Crippen molar-refractivity contribution in [1.29, 1.82) is 0 Å². The van der Waals surface area contributed by atoms with E-state index < -0.39 is 21.5 Å². The number of sulfonamides is 1. The van der Waals surface area contributed by atoms with Crippen LogP contribution < -0.4 is 14.8 Å². The zero-order valence-electron chi connectivity index (χ0n) is 18.8. The van der Waals surface area contributed by atoms with Gasteiger partial charge in [-0.1, -0.05) is 6.07 Å². The molecule has 2 N–H and O–H groups in total. The van der Waals surface area contributed by atoms with E-state index in [0.29, 0.717) is 17.7 Å². The summed E-state index contributed by atoms with van der Waals surface area (Å²) < 4.78 is 50.0. The Morgan fingerprint density at radius 2 is 2.06 bits per heavy atom. The van der Waals surface area contributed by atoms with Gasteiger partial charge in [-0.25, -0.2) is 17.5 Å². The number of pyridine rings is 1. The molecule has 3 aromatic rings. The van der Waals surface area contributed by atoms with Crippen molar-refractivity contribution in [3.05, 3.63) is 71.1 Å². The number of aryl methyl sites for hydroxylation is 3. The zero-order chi connectivity index (χ0) is 24.0. The van der Waals surface area contributed by atoms with Crippen LogP contribution in [0.1, 0.15) is 34.4 Å². The minimum Gasteiger partial charge on any atom is -0.488 e. The molecule has 2 aromatic heterocycles. The molecule has 1 aliphatic rings. The number of fused-ring (bicyclic) bond motifs is 1. The molecule has 0 saturated carbocycles. The van der Waals surface area contributed by atoms with Crippen molar-refractivity contribution in [2.45, 2.75) is 37.6 Å². The van der Waals surface area contributed by atoms with Gasteiger partial charge in [0, 0.05) is 36.7 Å². The van der Waals surface area contributed by atoms with Crippen LogP contribution in [0.3, 0.4) is 0 Å². The molecule has 1 unspecified atom stereocenters. The third-order valence-corrected chi connectivity index (χ3v) is 7.09. The van der Waals surface area contributed by atoms with E-state index in [9.17, 15) is 17.6 Å². The lowest BCUT2D eigenvalue weighted by Gasteiger charge is -2.27. The van der Waals surface area contributed by atoms with Gasteiger partial charge in [0.2, 0.25) is 10.0 Å². The van der Waals surface area contributed by atoms with Crippen LogP contribution in [0.15, 0.2) is 47.5 Å². The van der Waals surface area contributed by atoms with Gasteiger partial charge in [0.15, 0.2) is 11.4 Å². The van der Waals surface area contributed by atoms with Crippen LogP contribution in [-0.4, -0.2) is 36.0 Å². The second-order valence-electron chi connectivity index (χ2n) is 8.60. The molecular formula is C23H25FN4O4S. The van der Waals surface area contributed by atoms with Gasteiger partial charge >= 0.3 is 0 Å². The Balaban J connectivity index is 1.65. The summed E-state index contributed by atoms with van der Waals surface area (Å²) in [6, 6.07) is 9.75. The first-order valence-corrected chi connectivity index (χ1v) is 11.8. The van der Waals surface area contributed by atoms with Crippen molar-refractivity contribution >= 4 is 21.6 Å². The highest BCUT2D eigenvalue weighted by Crippen LogP contribution is 2.35. The zero-order valence-corrected chi connectivity index (χ0v) is 19.6. The van der Waals surface area contributed by atoms with Gasteiger partial charge in [-0.2, -0.15) is 0 Å². The van der Waals surface area contributed by atoms with Crippen molar-refractivity contribution in [2.75, 3.05) is 11.9 Å². The number of ether oxygens (including phenoxy) is 1. The number of carbonyl (C=O) groups excluding carboxylic acids is 1. The first kappa shape index (κ1) is 22.9. The average Bonchev–Trinajstić information content (AvgIpc) is 3.02. The van der Waals surface area contributed by atoms with Gasteiger partial charge in [-0.15, -0.1) is 0 Å². The van der Waals surface area contributed by atoms with Crippen LogP contribution in [0, 0.1) is 19.7 Å². The topological polar surface area (TPSA) is 102 Å². The fourth-order valence-electron chi connectivity index (χ4n) is 3.91. The predicted molar refractivity (Wildman–Crippen MR) is 121 cm³/mol. The van der Waals surface area contributed by atoms with Gasteiger partial charge in [-0.05, 0) is 56.7 Å². The number of anilines is 1. The van der Waals surface area contributed by atoms with Gasteiger partial charge in [-0.3, -0.25) is 9.78 Å². The quantitative estimate of drug-likeness (QED) is 0.608. The van der Waals surface area contributed by atoms with Crippen molar-refractivity contribution in [1.82, 2.24) is 14.3 Å². The van der Waals surface area contributed by atoms with Crippen LogP contribution in [0.25, 0.3) is 0 Å². The number of hydrogen-bond donors (Lipinski definition) is 2. The van der Waals surface area contributed by atoms with Crippen molar-refractivity contribution in [2.24, 2.45) is 7.05 Å². The fourth-order valence-corrected chi connectivity index (χ4v) is 5.49. The molecule has 8 nitrogen and oxygen atoms in total. The number of halogens is 1. The number of nitrogens with zero attached hydrogens (tertiary/aromatic N) is 2. The molecule has 1 atom stereocenters. The Morgan fingerprint density at radius 3 is 2.76 bits per heavy atom. The number of rotatable bonds is 4. The third kappa shape index (κ3) is 4.62. The summed E-state index contributed by atoms with van der Waals surface area (Å²) in [6.45, 7) is 5.18. The Bertz CT molecular complexity index is 1350. The smallest absolute Gasteiger partial charge is 0.276 e. The molecule has 3 heterocycles. The fraction of sp³-hybridized carbons (Fsp3) is 0.304. The first-order chi connectivity index (χ1) is 15.5. The molecule has 10 heteroatoms. The van der Waals surface area contributed by atoms with Crippen LogP contribution in [-0.2, 0) is 23.5 Å². The molecule has 0 aliphatic carbocycles. The minimum atomic E-state index is -3.99. The Kier molecular flexibility index (Phi) is 5.75. The lowest BCUT2D eigenvalue weighted by atomic mass is 9.98. The summed E-state index contributed by atoms with van der Waals surface area (Å²) in [6.07, 6.45) is 1.65. The third-order valence-electron chi connectivity index (χ3n) is 5.46. The number of benzene rings is 1. The van der Waals surface area contributed by atoms with Crippen LogP contribution >= 0.6 is 0 Å². The molecule has 4 rings (SSSR count). The molecule has 174 valence electrons. The van der Waals surface area contributed by atoms with E-state index in [1.54, 1.807) is 20.9 Å². The van der Waals surface area contributed by atoms with Crippen molar-refractivity contribution in [3.63, 3.8) is 0 Å². The molecule has 1 amide bonds. The first-order valence-electron chi connectivity index (χ1n) is 10.3. The van der Waals surface area contributed by atoms with Crippen molar-refractivity contribution in [3.8, 4) is 5.75 Å². The van der Waals surface area contributed by atoms with E-state index in [1.165, 1.54) is 29.0 Å². The van der Waals surface area contributed by atoms with E-state index in [2.05, 4.69) is 15.0 Å². The largest absolute Gasteiger partial charge is 0.488 e. The normalized spacial score (nSPS) is 19.3. The summed E-state index contributed by atoms with van der Waals surface area (Å²) in [4.78, 5) is 17.4. The van der Waals surface area contributed by atoms with Crippen LogP contribution in [0.2, 0.25) is 0 Å². The molecule has 0 fully saturated rings. The highest BCUT2D eigenvalue weighted by molar-refractivity contribution is 7.89. The molecule has 0 saturated heterocycles. The van der Waals surface area contributed by atoms with Gasteiger partial charge in [0.05, 0.1) is 5.54 Å². The van der Waals surface area contributed by atoms with Gasteiger partial charge < -0.3 is 14.6 Å². The molecule has 0 bridgehead atoms. The molecule has 1 aliphatic heterocycles. The highest BCUT2D eigenvalue weighted by atomic mass is 32.2. The lowest BCUT2D eigenvalue weighted by molar-refractivity contribution is 0.101. The molecule has 0 spiro atoms. The summed E-state index contributed by atoms with van der Waals surface area (Å²) >= 11 is 0. The second kappa shape index (κ2) is 8.27. The summed E-state index contributed by atoms with van der Waals surface area (Å²) in [5.74, 6) is -0.977. The lowest BCUT2D eigenvalue weighted by Crippen LogP contribution is -2.50. The summed E-state index contributed by atoms with van der Waals surface area (Å²) in [7, 11) is -2.43. The van der Waals surface area contributed by atoms with Gasteiger partial charge in [0.1, 0.15) is 17.3 Å². The average molecular weight is 473 g/mol. The van der Waals surface area contributed by atoms with E-state index >= 15 is 0 Å². The maximum atomic E-state index is 13.6. The van der Waals surface area contributed by atoms with Gasteiger partial charge in [0.25, 0.3) is 5.91 Å². The van der Waals surface area contributed by atoms with Crippen LogP contribution in [0.4, 0.5) is 10.1 Å². The van der Waals surface area contributed by atoms with E-state index in [4.69, 9.17) is 4.74 Å². The molecule has 33 heavy (non-hydrogen) atoms. The van der Waals surface area contributed by atoms with E-state index in [-0.39, 0.29) is 28.8 Å². The second-order valence-corrected chi connectivity index (χ2v) is 10.3. The maximum absolute atomic E-state index is 13.6. The van der Waals surface area contributed by atoms with E-state index in [1.807, 2.05) is 25.1 Å². The number of amides is 1. The van der Waals surface area contributed by atoms with E-state index in [0.717, 1.165) is 11.4 Å². The molecule has 0 radical (unpaired) electrons. The SMILES string of the molecule is Cc1cccc(CC2(C)COc3c(cn(C)c3C(=O)Nc3ccc(F)c(C)c3)S(=O)(=O)N2)n1. The number of carbonyl (C=O) groups is 1. The Hall–Kier alpha value is -3.24. The van der Waals surface area contributed by atoms with Crippen molar-refractivity contribution < 1.29 is 22.3 Å². The number of hydrogen-bond acceptors (Lipinski definition) is 5. The molecule has 1 aromatic carbocycles. The molecular weight excluding hydrogens is 447 g/mol. The Morgan fingerprint density at radius 1 is 1.30 bits per heavy atom. The summed E-state index contributed by atoms with van der Waals surface area (Å²) in [5.41, 5.74) is 1.38. The highest BCUT2D eigenvalue weighted by Gasteiger charge is 2.40. The minimum absolute atomic E-state index is 0.00516. The summed E-state index contributed by atoms with van der Waals surface area (Å²) in [5, 5.41) is 2.69. The van der Waals surface area contributed by atoms with Crippen LogP contribution in [0.5, 0.6) is 5.75 Å². The number of aromatic nitrogens is 2. The number of nitrogens with one attached hydrogen (secondary N) is 2. The monoisotopic (exact) mass is 472 g/mol.